The first-order valence-electron chi connectivity index (χ1n) is 7.21. The van der Waals surface area contributed by atoms with E-state index in [1.807, 2.05) is 12.1 Å². The van der Waals surface area contributed by atoms with Crippen molar-refractivity contribution in [3.05, 3.63) is 52.5 Å². The summed E-state index contributed by atoms with van der Waals surface area (Å²) in [5.74, 6) is 0.724. The van der Waals surface area contributed by atoms with E-state index in [4.69, 9.17) is 16.3 Å². The number of benzene rings is 2. The molecule has 0 saturated carbocycles. The van der Waals surface area contributed by atoms with E-state index in [1.165, 1.54) is 7.11 Å². The van der Waals surface area contributed by atoms with Gasteiger partial charge in [0.1, 0.15) is 5.75 Å². The fourth-order valence-electron chi connectivity index (χ4n) is 2.15. The predicted octanol–water partition coefficient (Wildman–Crippen LogP) is 4.58. The molecule has 0 fully saturated rings. The first-order valence-corrected chi connectivity index (χ1v) is 9.07. The van der Waals surface area contributed by atoms with Gasteiger partial charge in [-0.25, -0.2) is 8.42 Å². The van der Waals surface area contributed by atoms with E-state index in [1.54, 1.807) is 31.2 Å². The molecule has 0 amide bonds. The van der Waals surface area contributed by atoms with Crippen molar-refractivity contribution in [2.45, 2.75) is 31.6 Å². The summed E-state index contributed by atoms with van der Waals surface area (Å²) in [4.78, 5) is 0.205. The lowest BCUT2D eigenvalue weighted by Gasteiger charge is -2.14. The zero-order chi connectivity index (χ0) is 17.2. The Morgan fingerprint density at radius 1 is 1.13 bits per heavy atom. The molecule has 0 aromatic heterocycles. The Labute approximate surface area is 142 Å². The summed E-state index contributed by atoms with van der Waals surface area (Å²) in [6.45, 7) is 5.92. The number of methoxy groups -OCH3 is 1. The Kier molecular flexibility index (Phi) is 5.22. The number of sulfonamides is 1. The van der Waals surface area contributed by atoms with E-state index in [2.05, 4.69) is 18.6 Å². The van der Waals surface area contributed by atoms with E-state index in [-0.39, 0.29) is 4.90 Å². The number of nitrogens with one attached hydrogen (secondary N) is 1. The van der Waals surface area contributed by atoms with E-state index in [0.717, 1.165) is 11.1 Å². The Bertz CT molecular complexity index is 799. The highest BCUT2D eigenvalue weighted by molar-refractivity contribution is 7.92. The molecule has 23 heavy (non-hydrogen) atoms. The molecule has 0 atom stereocenters. The van der Waals surface area contributed by atoms with Gasteiger partial charge in [0.15, 0.2) is 0 Å². The third kappa shape index (κ3) is 3.98. The van der Waals surface area contributed by atoms with Crippen LogP contribution in [0.25, 0.3) is 0 Å². The standard InChI is InChI=1S/C17H20ClNO3S/c1-11(2)13-5-7-14(8-6-13)23(20,21)19-16-9-12(3)15(18)10-17(16)22-4/h5-11,19H,1-4H3. The lowest BCUT2D eigenvalue weighted by Crippen LogP contribution is -2.14. The summed E-state index contributed by atoms with van der Waals surface area (Å²) in [6, 6.07) is 10.1. The first kappa shape index (κ1) is 17.6. The first-order chi connectivity index (χ1) is 10.7. The maximum Gasteiger partial charge on any atom is 0.262 e. The number of halogens is 1. The minimum Gasteiger partial charge on any atom is -0.495 e. The molecule has 0 unspecified atom stereocenters. The Morgan fingerprint density at radius 2 is 1.74 bits per heavy atom. The van der Waals surface area contributed by atoms with Crippen LogP contribution in [0.2, 0.25) is 5.02 Å². The summed E-state index contributed by atoms with van der Waals surface area (Å²) in [5, 5.41) is 0.520. The molecule has 0 heterocycles. The number of rotatable bonds is 5. The van der Waals surface area contributed by atoms with E-state index in [9.17, 15) is 8.42 Å². The fourth-order valence-corrected chi connectivity index (χ4v) is 3.36. The molecule has 0 saturated heterocycles. The van der Waals surface area contributed by atoms with Gasteiger partial charge in [0.25, 0.3) is 10.0 Å². The van der Waals surface area contributed by atoms with Crippen LogP contribution in [0.5, 0.6) is 5.75 Å². The van der Waals surface area contributed by atoms with E-state index < -0.39 is 10.0 Å². The van der Waals surface area contributed by atoms with Gasteiger partial charge in [-0.15, -0.1) is 0 Å². The molecular weight excluding hydrogens is 334 g/mol. The fraction of sp³-hybridized carbons (Fsp3) is 0.294. The average Bonchev–Trinajstić information content (AvgIpc) is 2.50. The van der Waals surface area contributed by atoms with Crippen molar-refractivity contribution in [3.8, 4) is 5.75 Å². The molecule has 0 radical (unpaired) electrons. The van der Waals surface area contributed by atoms with Crippen LogP contribution < -0.4 is 9.46 Å². The molecule has 4 nitrogen and oxygen atoms in total. The highest BCUT2D eigenvalue weighted by Crippen LogP contribution is 2.32. The summed E-state index contributed by atoms with van der Waals surface area (Å²) in [7, 11) is -2.22. The summed E-state index contributed by atoms with van der Waals surface area (Å²) in [6.07, 6.45) is 0. The van der Waals surface area contributed by atoms with Crippen LogP contribution in [0.3, 0.4) is 0 Å². The average molecular weight is 354 g/mol. The van der Waals surface area contributed by atoms with Crippen molar-refractivity contribution >= 4 is 27.3 Å². The number of hydrogen-bond acceptors (Lipinski definition) is 3. The third-order valence-corrected chi connectivity index (χ3v) is 5.37. The highest BCUT2D eigenvalue weighted by atomic mass is 35.5. The molecule has 0 aliphatic heterocycles. The van der Waals surface area contributed by atoms with Crippen molar-refractivity contribution in [1.82, 2.24) is 0 Å². The highest BCUT2D eigenvalue weighted by Gasteiger charge is 2.17. The van der Waals surface area contributed by atoms with Crippen molar-refractivity contribution < 1.29 is 13.2 Å². The van der Waals surface area contributed by atoms with Gasteiger partial charge in [-0.1, -0.05) is 37.6 Å². The molecular formula is C17H20ClNO3S. The maximum absolute atomic E-state index is 12.5. The van der Waals surface area contributed by atoms with Crippen molar-refractivity contribution in [2.24, 2.45) is 0 Å². The predicted molar refractivity (Wildman–Crippen MR) is 94.1 cm³/mol. The summed E-state index contributed by atoms with van der Waals surface area (Å²) < 4.78 is 32.9. The van der Waals surface area contributed by atoms with Crippen molar-refractivity contribution in [1.29, 1.82) is 0 Å². The van der Waals surface area contributed by atoms with Crippen LogP contribution in [-0.4, -0.2) is 15.5 Å². The quantitative estimate of drug-likeness (QED) is 0.855. The molecule has 0 aliphatic rings. The summed E-state index contributed by atoms with van der Waals surface area (Å²) >= 11 is 6.04. The van der Waals surface area contributed by atoms with Gasteiger partial charge in [0, 0.05) is 11.1 Å². The number of ether oxygens (including phenoxy) is 1. The minimum atomic E-state index is -3.69. The zero-order valence-corrected chi connectivity index (χ0v) is 15.1. The Morgan fingerprint density at radius 3 is 2.26 bits per heavy atom. The second-order valence-corrected chi connectivity index (χ2v) is 7.72. The molecule has 2 aromatic carbocycles. The van der Waals surface area contributed by atoms with Crippen LogP contribution in [-0.2, 0) is 10.0 Å². The lowest BCUT2D eigenvalue weighted by molar-refractivity contribution is 0.417. The molecule has 0 aliphatic carbocycles. The summed E-state index contributed by atoms with van der Waals surface area (Å²) in [5.41, 5.74) is 2.21. The van der Waals surface area contributed by atoms with Gasteiger partial charge < -0.3 is 4.74 Å². The molecule has 0 spiro atoms. The topological polar surface area (TPSA) is 55.4 Å². The second kappa shape index (κ2) is 6.81. The molecule has 2 rings (SSSR count). The van der Waals surface area contributed by atoms with Gasteiger partial charge in [-0.2, -0.15) is 0 Å². The van der Waals surface area contributed by atoms with Gasteiger partial charge in [0.05, 0.1) is 17.7 Å². The number of anilines is 1. The maximum atomic E-state index is 12.5. The largest absolute Gasteiger partial charge is 0.495 e. The monoisotopic (exact) mass is 353 g/mol. The van der Waals surface area contributed by atoms with Crippen molar-refractivity contribution in [3.63, 3.8) is 0 Å². The number of hydrogen-bond donors (Lipinski definition) is 1. The Balaban J connectivity index is 2.36. The molecule has 2 aromatic rings. The zero-order valence-electron chi connectivity index (χ0n) is 13.6. The SMILES string of the molecule is COc1cc(Cl)c(C)cc1NS(=O)(=O)c1ccc(C(C)C)cc1. The lowest BCUT2D eigenvalue weighted by atomic mass is 10.0. The smallest absolute Gasteiger partial charge is 0.262 e. The van der Waals surface area contributed by atoms with Crippen LogP contribution in [0.1, 0.15) is 30.9 Å². The normalized spacial score (nSPS) is 11.6. The van der Waals surface area contributed by atoms with Gasteiger partial charge in [-0.05, 0) is 42.2 Å². The Hall–Kier alpha value is -1.72. The third-order valence-electron chi connectivity index (χ3n) is 3.58. The van der Waals surface area contributed by atoms with E-state index >= 15 is 0 Å². The van der Waals surface area contributed by atoms with E-state index in [0.29, 0.717) is 22.4 Å². The second-order valence-electron chi connectivity index (χ2n) is 5.63. The minimum absolute atomic E-state index is 0.205. The molecule has 0 bridgehead atoms. The molecule has 6 heteroatoms. The van der Waals surface area contributed by atoms with Gasteiger partial charge in [0.2, 0.25) is 0 Å². The van der Waals surface area contributed by atoms with Gasteiger partial charge >= 0.3 is 0 Å². The van der Waals surface area contributed by atoms with Crippen LogP contribution in [0.15, 0.2) is 41.3 Å². The van der Waals surface area contributed by atoms with Crippen molar-refractivity contribution in [2.75, 3.05) is 11.8 Å². The van der Waals surface area contributed by atoms with Crippen LogP contribution >= 0.6 is 11.6 Å². The molecule has 1 N–H and O–H groups in total. The van der Waals surface area contributed by atoms with Gasteiger partial charge in [-0.3, -0.25) is 4.72 Å². The number of aryl methyl sites for hydroxylation is 1. The van der Waals surface area contributed by atoms with Crippen LogP contribution in [0, 0.1) is 6.92 Å². The van der Waals surface area contributed by atoms with Crippen LogP contribution in [0.4, 0.5) is 5.69 Å². The molecule has 124 valence electrons.